The molecule has 0 heterocycles. The highest BCUT2D eigenvalue weighted by Gasteiger charge is 2.25. The third-order valence-corrected chi connectivity index (χ3v) is 5.26. The molecule has 0 spiro atoms. The Hall–Kier alpha value is -2.16. The minimum Gasteiger partial charge on any atom is -0.495 e. The molecule has 0 aliphatic carbocycles. The van der Waals surface area contributed by atoms with Crippen LogP contribution >= 0.6 is 11.6 Å². The second-order valence-electron chi connectivity index (χ2n) is 4.96. The van der Waals surface area contributed by atoms with E-state index in [9.17, 15) is 18.5 Å². The molecule has 0 radical (unpaired) electrons. The van der Waals surface area contributed by atoms with Crippen LogP contribution in [-0.4, -0.2) is 20.5 Å². The number of hydrogen-bond acceptors (Lipinski definition) is 5. The molecule has 2 aromatic rings. The number of nitrogens with zero attached hydrogens (tertiary/aromatic N) is 1. The summed E-state index contributed by atoms with van der Waals surface area (Å²) in [5.41, 5.74) is 0.244. The summed E-state index contributed by atoms with van der Waals surface area (Å²) in [5.74, 6) is 0.0134. The molecule has 0 aliphatic heterocycles. The molecule has 0 aromatic heterocycles. The predicted octanol–water partition coefficient (Wildman–Crippen LogP) is 3.30. The van der Waals surface area contributed by atoms with Crippen molar-refractivity contribution in [3.05, 3.63) is 63.2 Å². The van der Waals surface area contributed by atoms with E-state index < -0.39 is 21.0 Å². The summed E-state index contributed by atoms with van der Waals surface area (Å²) in [4.78, 5) is 9.92. The molecule has 1 atom stereocenters. The number of methoxy groups -OCH3 is 1. The number of nitro benzene ring substituents is 1. The van der Waals surface area contributed by atoms with Gasteiger partial charge in [0.1, 0.15) is 10.6 Å². The third-order valence-electron chi connectivity index (χ3n) is 3.35. The smallest absolute Gasteiger partial charge is 0.271 e. The fraction of sp³-hybridized carbons (Fsp3) is 0.200. The topological polar surface area (TPSA) is 98.5 Å². The summed E-state index contributed by atoms with van der Waals surface area (Å²) >= 11 is 6.07. The summed E-state index contributed by atoms with van der Waals surface area (Å²) in [7, 11) is -2.77. The molecule has 0 saturated carbocycles. The summed E-state index contributed by atoms with van der Waals surface area (Å²) < 4.78 is 32.7. The molecule has 1 unspecified atom stereocenters. The highest BCUT2D eigenvalue weighted by Crippen LogP contribution is 2.30. The van der Waals surface area contributed by atoms with E-state index in [1.807, 2.05) is 0 Å². The van der Waals surface area contributed by atoms with Gasteiger partial charge in [-0.2, -0.15) is 0 Å². The highest BCUT2D eigenvalue weighted by molar-refractivity contribution is 7.89. The Morgan fingerprint density at radius 2 is 1.92 bits per heavy atom. The van der Waals surface area contributed by atoms with Gasteiger partial charge in [-0.3, -0.25) is 10.1 Å². The van der Waals surface area contributed by atoms with Crippen molar-refractivity contribution in [3.8, 4) is 5.75 Å². The normalized spacial score (nSPS) is 12.6. The van der Waals surface area contributed by atoms with Gasteiger partial charge in [0, 0.05) is 23.2 Å². The number of ether oxygens (including phenoxy) is 1. The van der Waals surface area contributed by atoms with Crippen molar-refractivity contribution in [3.63, 3.8) is 0 Å². The number of benzene rings is 2. The minimum atomic E-state index is -4.06. The second kappa shape index (κ2) is 7.16. The molecule has 0 bridgehead atoms. The Balaban J connectivity index is 2.42. The lowest BCUT2D eigenvalue weighted by Crippen LogP contribution is -2.27. The zero-order valence-corrected chi connectivity index (χ0v) is 14.5. The summed E-state index contributed by atoms with van der Waals surface area (Å²) in [5, 5.41) is 11.3. The van der Waals surface area contributed by atoms with Crippen LogP contribution in [0.5, 0.6) is 5.75 Å². The quantitative estimate of drug-likeness (QED) is 0.621. The number of nitrogens with one attached hydrogen (secondary N) is 1. The van der Waals surface area contributed by atoms with Crippen LogP contribution in [0.15, 0.2) is 47.4 Å². The molecule has 128 valence electrons. The fourth-order valence-corrected chi connectivity index (χ4v) is 3.89. The minimum absolute atomic E-state index is 0.0134. The molecular formula is C15H15ClN2O5S. The standard InChI is InChI=1S/C15H15ClN2O5S/c1-10(12-5-3-4-6-13(12)16)17-24(21,22)15-9-11(18(19)20)7-8-14(15)23-2/h3-10,17H,1-2H3. The van der Waals surface area contributed by atoms with E-state index in [0.717, 1.165) is 6.07 Å². The molecule has 1 N–H and O–H groups in total. The van der Waals surface area contributed by atoms with Gasteiger partial charge in [-0.1, -0.05) is 29.8 Å². The van der Waals surface area contributed by atoms with E-state index >= 15 is 0 Å². The van der Waals surface area contributed by atoms with Crippen LogP contribution in [0.1, 0.15) is 18.5 Å². The zero-order chi connectivity index (χ0) is 17.9. The Morgan fingerprint density at radius 3 is 2.50 bits per heavy atom. The molecule has 2 rings (SSSR count). The van der Waals surface area contributed by atoms with Crippen molar-refractivity contribution in [1.82, 2.24) is 4.72 Å². The Bertz CT molecular complexity index is 870. The van der Waals surface area contributed by atoms with Crippen LogP contribution in [0.4, 0.5) is 5.69 Å². The number of sulfonamides is 1. The van der Waals surface area contributed by atoms with Crippen molar-refractivity contribution >= 4 is 27.3 Å². The van der Waals surface area contributed by atoms with Crippen LogP contribution < -0.4 is 9.46 Å². The monoisotopic (exact) mass is 370 g/mol. The summed E-state index contributed by atoms with van der Waals surface area (Å²) in [6.45, 7) is 1.63. The van der Waals surface area contributed by atoms with Crippen molar-refractivity contribution in [2.45, 2.75) is 17.9 Å². The van der Waals surface area contributed by atoms with Gasteiger partial charge >= 0.3 is 0 Å². The lowest BCUT2D eigenvalue weighted by atomic mass is 10.1. The van der Waals surface area contributed by atoms with E-state index in [-0.39, 0.29) is 16.3 Å². The molecule has 0 aliphatic rings. The molecule has 2 aromatic carbocycles. The van der Waals surface area contributed by atoms with E-state index in [2.05, 4.69) is 4.72 Å². The summed E-state index contributed by atoms with van der Waals surface area (Å²) in [6, 6.07) is 9.56. The number of nitro groups is 1. The Labute approximate surface area is 144 Å². The lowest BCUT2D eigenvalue weighted by molar-refractivity contribution is -0.385. The van der Waals surface area contributed by atoms with Gasteiger partial charge in [-0.05, 0) is 24.6 Å². The van der Waals surface area contributed by atoms with E-state index in [4.69, 9.17) is 16.3 Å². The van der Waals surface area contributed by atoms with E-state index in [0.29, 0.717) is 10.6 Å². The van der Waals surface area contributed by atoms with Crippen molar-refractivity contribution in [1.29, 1.82) is 0 Å². The van der Waals surface area contributed by atoms with Crippen LogP contribution in [0, 0.1) is 10.1 Å². The van der Waals surface area contributed by atoms with Crippen molar-refractivity contribution in [2.75, 3.05) is 7.11 Å². The Morgan fingerprint density at radius 1 is 1.25 bits per heavy atom. The van der Waals surface area contributed by atoms with Crippen molar-refractivity contribution < 1.29 is 18.1 Å². The Kier molecular flexibility index (Phi) is 5.43. The highest BCUT2D eigenvalue weighted by atomic mass is 35.5. The first kappa shape index (κ1) is 18.2. The molecule has 0 amide bonds. The average molecular weight is 371 g/mol. The molecule has 0 saturated heterocycles. The largest absolute Gasteiger partial charge is 0.495 e. The maximum Gasteiger partial charge on any atom is 0.271 e. The molecule has 24 heavy (non-hydrogen) atoms. The van der Waals surface area contributed by atoms with Gasteiger partial charge in [-0.25, -0.2) is 13.1 Å². The van der Waals surface area contributed by atoms with Gasteiger partial charge in [0.2, 0.25) is 10.0 Å². The lowest BCUT2D eigenvalue weighted by Gasteiger charge is -2.17. The van der Waals surface area contributed by atoms with Gasteiger partial charge in [0.05, 0.1) is 12.0 Å². The molecule has 7 nitrogen and oxygen atoms in total. The summed E-state index contributed by atoms with van der Waals surface area (Å²) in [6.07, 6.45) is 0. The van der Waals surface area contributed by atoms with E-state index in [1.165, 1.54) is 19.2 Å². The zero-order valence-electron chi connectivity index (χ0n) is 12.9. The number of non-ortho nitro benzene ring substituents is 1. The second-order valence-corrected chi connectivity index (χ2v) is 7.05. The number of hydrogen-bond donors (Lipinski definition) is 1. The molecular weight excluding hydrogens is 356 g/mol. The predicted molar refractivity (Wildman–Crippen MR) is 89.8 cm³/mol. The first-order chi connectivity index (χ1) is 11.3. The van der Waals surface area contributed by atoms with Crippen molar-refractivity contribution in [2.24, 2.45) is 0 Å². The maximum atomic E-state index is 12.6. The maximum absolute atomic E-state index is 12.6. The SMILES string of the molecule is COc1ccc([N+](=O)[O-])cc1S(=O)(=O)NC(C)c1ccccc1Cl. The van der Waals surface area contributed by atoms with Crippen LogP contribution in [0.3, 0.4) is 0 Å². The first-order valence-electron chi connectivity index (χ1n) is 6.85. The van der Waals surface area contributed by atoms with Gasteiger partial charge in [0.15, 0.2) is 0 Å². The van der Waals surface area contributed by atoms with E-state index in [1.54, 1.807) is 31.2 Å². The number of halogens is 1. The van der Waals surface area contributed by atoms with Crippen LogP contribution in [-0.2, 0) is 10.0 Å². The average Bonchev–Trinajstić information content (AvgIpc) is 2.54. The van der Waals surface area contributed by atoms with Gasteiger partial charge in [-0.15, -0.1) is 0 Å². The van der Waals surface area contributed by atoms with Gasteiger partial charge < -0.3 is 4.74 Å². The fourth-order valence-electron chi connectivity index (χ4n) is 2.17. The number of rotatable bonds is 6. The van der Waals surface area contributed by atoms with Crippen LogP contribution in [0.25, 0.3) is 0 Å². The van der Waals surface area contributed by atoms with Crippen LogP contribution in [0.2, 0.25) is 5.02 Å². The third kappa shape index (κ3) is 3.84. The molecule has 9 heteroatoms. The first-order valence-corrected chi connectivity index (χ1v) is 8.71. The van der Waals surface area contributed by atoms with Gasteiger partial charge in [0.25, 0.3) is 5.69 Å². The molecule has 0 fully saturated rings.